The molecule has 2 nitrogen and oxygen atoms in total. The summed E-state index contributed by atoms with van der Waals surface area (Å²) in [7, 11) is 0. The zero-order chi connectivity index (χ0) is 10.3. The van der Waals surface area contributed by atoms with Crippen LogP contribution in [-0.4, -0.2) is 12.1 Å². The summed E-state index contributed by atoms with van der Waals surface area (Å²) in [5.74, 6) is 2.59. The molecule has 2 fully saturated rings. The summed E-state index contributed by atoms with van der Waals surface area (Å²) >= 11 is 0. The Hall–Kier alpha value is -0.790. The van der Waals surface area contributed by atoms with Crippen molar-refractivity contribution in [2.24, 2.45) is 17.8 Å². The van der Waals surface area contributed by atoms with Crippen molar-refractivity contribution in [3.8, 4) is 0 Å². The first kappa shape index (κ1) is 9.44. The minimum absolute atomic E-state index is 0.00726. The largest absolute Gasteiger partial charge is 0.462 e. The van der Waals surface area contributed by atoms with Crippen LogP contribution < -0.4 is 0 Å². The predicted octanol–water partition coefficient (Wildman–Crippen LogP) is 2.68. The standard InChI is InChI=1S/C13H18O2/c14-13-6-5-12(15-13)4-3-11-8-9-1-2-10(11)7-9/h1-2,9-12H,3-8H2/t9-,10+,11?,12?/m0/s1. The van der Waals surface area contributed by atoms with E-state index in [2.05, 4.69) is 12.2 Å². The molecule has 0 aromatic rings. The molecular weight excluding hydrogens is 188 g/mol. The molecule has 1 saturated carbocycles. The summed E-state index contributed by atoms with van der Waals surface area (Å²) in [6.45, 7) is 0. The molecule has 1 saturated heterocycles. The van der Waals surface area contributed by atoms with E-state index in [1.807, 2.05) is 0 Å². The highest BCUT2D eigenvalue weighted by Crippen LogP contribution is 2.45. The average molecular weight is 206 g/mol. The van der Waals surface area contributed by atoms with Crippen molar-refractivity contribution in [2.45, 2.75) is 44.6 Å². The summed E-state index contributed by atoms with van der Waals surface area (Å²) in [6.07, 6.45) is 11.7. The van der Waals surface area contributed by atoms with E-state index >= 15 is 0 Å². The van der Waals surface area contributed by atoms with Gasteiger partial charge in [0.15, 0.2) is 0 Å². The van der Waals surface area contributed by atoms with Crippen LogP contribution in [0.1, 0.15) is 38.5 Å². The number of carbonyl (C=O) groups excluding carboxylic acids is 1. The fourth-order valence-corrected chi connectivity index (χ4v) is 3.41. The van der Waals surface area contributed by atoms with Crippen LogP contribution >= 0.6 is 0 Å². The van der Waals surface area contributed by atoms with Gasteiger partial charge in [-0.05, 0) is 49.9 Å². The lowest BCUT2D eigenvalue weighted by Gasteiger charge is -2.19. The second kappa shape index (κ2) is 3.66. The summed E-state index contributed by atoms with van der Waals surface area (Å²) in [5.41, 5.74) is 0. The van der Waals surface area contributed by atoms with Crippen LogP contribution in [0.15, 0.2) is 12.2 Å². The van der Waals surface area contributed by atoms with Gasteiger partial charge in [-0.1, -0.05) is 12.2 Å². The molecule has 1 aliphatic heterocycles. The van der Waals surface area contributed by atoms with Gasteiger partial charge in [0, 0.05) is 6.42 Å². The van der Waals surface area contributed by atoms with Crippen LogP contribution in [0.4, 0.5) is 0 Å². The summed E-state index contributed by atoms with van der Waals surface area (Å²) in [4.78, 5) is 10.9. The first-order valence-electron chi connectivity index (χ1n) is 6.19. The zero-order valence-electron chi connectivity index (χ0n) is 9.02. The molecule has 3 aliphatic rings. The zero-order valence-corrected chi connectivity index (χ0v) is 9.02. The van der Waals surface area contributed by atoms with Crippen LogP contribution in [0.2, 0.25) is 0 Å². The quantitative estimate of drug-likeness (QED) is 0.524. The van der Waals surface area contributed by atoms with E-state index in [0.717, 1.165) is 30.6 Å². The molecule has 15 heavy (non-hydrogen) atoms. The van der Waals surface area contributed by atoms with Gasteiger partial charge < -0.3 is 4.74 Å². The molecule has 0 aromatic carbocycles. The van der Waals surface area contributed by atoms with Crippen molar-refractivity contribution >= 4 is 5.97 Å². The van der Waals surface area contributed by atoms with Gasteiger partial charge in [-0.25, -0.2) is 0 Å². The molecule has 2 heteroatoms. The van der Waals surface area contributed by atoms with Crippen LogP contribution in [0.3, 0.4) is 0 Å². The molecule has 0 aromatic heterocycles. The number of hydrogen-bond acceptors (Lipinski definition) is 2. The van der Waals surface area contributed by atoms with Gasteiger partial charge in [0.05, 0.1) is 0 Å². The Kier molecular flexibility index (Phi) is 2.30. The topological polar surface area (TPSA) is 26.3 Å². The van der Waals surface area contributed by atoms with Gasteiger partial charge in [-0.3, -0.25) is 4.79 Å². The third kappa shape index (κ3) is 1.82. The molecular formula is C13H18O2. The smallest absolute Gasteiger partial charge is 0.306 e. The molecule has 2 aliphatic carbocycles. The predicted molar refractivity (Wildman–Crippen MR) is 57.2 cm³/mol. The van der Waals surface area contributed by atoms with Gasteiger partial charge >= 0.3 is 5.97 Å². The van der Waals surface area contributed by atoms with E-state index in [1.165, 1.54) is 19.3 Å². The number of cyclic esters (lactones) is 1. The van der Waals surface area contributed by atoms with E-state index in [0.29, 0.717) is 6.42 Å². The minimum Gasteiger partial charge on any atom is -0.462 e. The SMILES string of the molecule is O=C1CCC(CCC2C[C@H]3C=C[C@@H]2C3)O1. The van der Waals surface area contributed by atoms with E-state index in [4.69, 9.17) is 4.74 Å². The van der Waals surface area contributed by atoms with Crippen molar-refractivity contribution in [3.63, 3.8) is 0 Å². The molecule has 0 spiro atoms. The second-order valence-electron chi connectivity index (χ2n) is 5.27. The van der Waals surface area contributed by atoms with Gasteiger partial charge in [0.1, 0.15) is 6.10 Å². The fourth-order valence-electron chi connectivity index (χ4n) is 3.41. The Morgan fingerprint density at radius 2 is 2.20 bits per heavy atom. The molecule has 2 bridgehead atoms. The molecule has 82 valence electrons. The Morgan fingerprint density at radius 3 is 2.80 bits per heavy atom. The van der Waals surface area contributed by atoms with Crippen LogP contribution in [-0.2, 0) is 9.53 Å². The van der Waals surface area contributed by atoms with E-state index < -0.39 is 0 Å². The summed E-state index contributed by atoms with van der Waals surface area (Å²) in [6, 6.07) is 0. The van der Waals surface area contributed by atoms with Crippen LogP contribution in [0.5, 0.6) is 0 Å². The molecule has 1 heterocycles. The maximum atomic E-state index is 10.9. The third-order valence-electron chi connectivity index (χ3n) is 4.24. The van der Waals surface area contributed by atoms with Crippen molar-refractivity contribution < 1.29 is 9.53 Å². The van der Waals surface area contributed by atoms with Crippen molar-refractivity contribution in [3.05, 3.63) is 12.2 Å². The summed E-state index contributed by atoms with van der Waals surface area (Å²) < 4.78 is 5.24. The maximum Gasteiger partial charge on any atom is 0.306 e. The van der Waals surface area contributed by atoms with Gasteiger partial charge in [-0.15, -0.1) is 0 Å². The second-order valence-corrected chi connectivity index (χ2v) is 5.27. The first-order valence-corrected chi connectivity index (χ1v) is 6.19. The fraction of sp³-hybridized carbons (Fsp3) is 0.769. The molecule has 0 radical (unpaired) electrons. The van der Waals surface area contributed by atoms with Crippen molar-refractivity contribution in [1.29, 1.82) is 0 Å². The van der Waals surface area contributed by atoms with Crippen molar-refractivity contribution in [1.82, 2.24) is 0 Å². The number of esters is 1. The highest BCUT2D eigenvalue weighted by atomic mass is 16.5. The van der Waals surface area contributed by atoms with Gasteiger partial charge in [0.2, 0.25) is 0 Å². The van der Waals surface area contributed by atoms with Crippen LogP contribution in [0, 0.1) is 17.8 Å². The Bertz CT molecular complexity index is 295. The average Bonchev–Trinajstić information content (AvgIpc) is 2.90. The molecule has 4 atom stereocenters. The van der Waals surface area contributed by atoms with Gasteiger partial charge in [-0.2, -0.15) is 0 Å². The van der Waals surface area contributed by atoms with Crippen molar-refractivity contribution in [2.75, 3.05) is 0 Å². The monoisotopic (exact) mass is 206 g/mol. The van der Waals surface area contributed by atoms with E-state index in [9.17, 15) is 4.79 Å². The molecule has 0 amide bonds. The first-order chi connectivity index (χ1) is 7.31. The third-order valence-corrected chi connectivity index (χ3v) is 4.24. The normalized spacial score (nSPS) is 42.5. The molecule has 3 rings (SSSR count). The Balaban J connectivity index is 1.47. The van der Waals surface area contributed by atoms with Gasteiger partial charge in [0.25, 0.3) is 0 Å². The number of rotatable bonds is 3. The molecule has 0 N–H and O–H groups in total. The lowest BCUT2D eigenvalue weighted by atomic mass is 9.88. The minimum atomic E-state index is 0.00726. The Labute approximate surface area is 90.7 Å². The lowest BCUT2D eigenvalue weighted by molar-refractivity contribution is -0.141. The highest BCUT2D eigenvalue weighted by molar-refractivity contribution is 5.71. The van der Waals surface area contributed by atoms with Crippen LogP contribution in [0.25, 0.3) is 0 Å². The van der Waals surface area contributed by atoms with E-state index in [-0.39, 0.29) is 12.1 Å². The molecule has 2 unspecified atom stereocenters. The number of allylic oxidation sites excluding steroid dienone is 2. The number of hydrogen-bond donors (Lipinski definition) is 0. The number of ether oxygens (including phenoxy) is 1. The Morgan fingerprint density at radius 1 is 1.27 bits per heavy atom. The number of carbonyl (C=O) groups is 1. The lowest BCUT2D eigenvalue weighted by Crippen LogP contribution is -2.12. The summed E-state index contributed by atoms with van der Waals surface area (Å²) in [5, 5.41) is 0. The number of fused-ring (bicyclic) bond motifs is 2. The maximum absolute atomic E-state index is 10.9. The highest BCUT2D eigenvalue weighted by Gasteiger charge is 2.36. The van der Waals surface area contributed by atoms with E-state index in [1.54, 1.807) is 0 Å².